The monoisotopic (exact) mass is 257 g/mol. The zero-order valence-electron chi connectivity index (χ0n) is 8.79. The van der Waals surface area contributed by atoms with Gasteiger partial charge in [0.15, 0.2) is 5.82 Å². The fourth-order valence-electron chi connectivity index (χ4n) is 1.23. The van der Waals surface area contributed by atoms with Gasteiger partial charge in [0.25, 0.3) is 0 Å². The minimum Gasteiger partial charge on any atom is -0.396 e. The van der Waals surface area contributed by atoms with Gasteiger partial charge >= 0.3 is 0 Å². The van der Waals surface area contributed by atoms with E-state index in [9.17, 15) is 0 Å². The number of nitrogens with zero attached hydrogens (tertiary/aromatic N) is 2. The summed E-state index contributed by atoms with van der Waals surface area (Å²) in [5.74, 6) is 0.850. The highest BCUT2D eigenvalue weighted by Gasteiger charge is 2.11. The maximum Gasteiger partial charge on any atom is 0.151 e. The van der Waals surface area contributed by atoms with Crippen molar-refractivity contribution < 1.29 is 0 Å². The van der Waals surface area contributed by atoms with Crippen LogP contribution < -0.4 is 10.6 Å². The van der Waals surface area contributed by atoms with E-state index in [-0.39, 0.29) is 0 Å². The molecule has 0 bridgehead atoms. The van der Waals surface area contributed by atoms with Crippen LogP contribution in [-0.4, -0.2) is 18.1 Å². The van der Waals surface area contributed by atoms with Gasteiger partial charge in [-0.25, -0.2) is 4.98 Å². The van der Waals surface area contributed by atoms with E-state index in [2.05, 4.69) is 39.7 Å². The highest BCUT2D eigenvalue weighted by atomic mass is 79.9. The fourth-order valence-corrected chi connectivity index (χ4v) is 1.57. The minimum absolute atomic E-state index is 0.450. The molecule has 0 fully saturated rings. The molecule has 1 atom stereocenters. The number of rotatable bonds is 3. The van der Waals surface area contributed by atoms with Crippen LogP contribution in [0.25, 0.3) is 0 Å². The van der Waals surface area contributed by atoms with Crippen molar-refractivity contribution in [3.05, 3.63) is 16.7 Å². The number of aromatic nitrogens is 1. The van der Waals surface area contributed by atoms with Crippen LogP contribution in [0.1, 0.15) is 20.3 Å². The minimum atomic E-state index is 0.450. The van der Waals surface area contributed by atoms with Crippen LogP contribution in [0.5, 0.6) is 0 Å². The molecule has 0 saturated heterocycles. The van der Waals surface area contributed by atoms with E-state index in [1.54, 1.807) is 6.20 Å². The van der Waals surface area contributed by atoms with E-state index in [1.807, 2.05) is 13.1 Å². The second-order valence-corrected chi connectivity index (χ2v) is 4.35. The van der Waals surface area contributed by atoms with Crippen molar-refractivity contribution in [1.82, 2.24) is 4.98 Å². The van der Waals surface area contributed by atoms with Crippen molar-refractivity contribution in [2.24, 2.45) is 0 Å². The zero-order valence-corrected chi connectivity index (χ0v) is 10.4. The first-order valence-electron chi connectivity index (χ1n) is 4.70. The van der Waals surface area contributed by atoms with Crippen LogP contribution in [-0.2, 0) is 0 Å². The molecule has 0 amide bonds. The lowest BCUT2D eigenvalue weighted by atomic mass is 10.2. The molecule has 1 rings (SSSR count). The summed E-state index contributed by atoms with van der Waals surface area (Å²) in [5.41, 5.74) is 6.59. The molecule has 3 nitrogen and oxygen atoms in total. The van der Waals surface area contributed by atoms with Crippen molar-refractivity contribution in [3.8, 4) is 0 Å². The number of hydrogen-bond donors (Lipinski definition) is 1. The molecule has 0 aliphatic heterocycles. The third kappa shape index (κ3) is 2.38. The van der Waals surface area contributed by atoms with Gasteiger partial charge in [0.1, 0.15) is 0 Å². The Hall–Kier alpha value is -0.770. The molecule has 1 heterocycles. The van der Waals surface area contributed by atoms with E-state index in [0.717, 1.165) is 16.7 Å². The van der Waals surface area contributed by atoms with Gasteiger partial charge in [-0.1, -0.05) is 6.92 Å². The van der Waals surface area contributed by atoms with Gasteiger partial charge in [-0.2, -0.15) is 0 Å². The predicted octanol–water partition coefficient (Wildman–Crippen LogP) is 2.66. The first-order chi connectivity index (χ1) is 6.56. The lowest BCUT2D eigenvalue weighted by Crippen LogP contribution is -2.29. The lowest BCUT2D eigenvalue weighted by molar-refractivity contribution is 0.657. The average Bonchev–Trinajstić information content (AvgIpc) is 2.15. The first-order valence-corrected chi connectivity index (χ1v) is 5.49. The normalized spacial score (nSPS) is 12.6. The second kappa shape index (κ2) is 4.64. The summed E-state index contributed by atoms with van der Waals surface area (Å²) < 4.78 is 0.913. The first kappa shape index (κ1) is 11.3. The molecule has 1 unspecified atom stereocenters. The van der Waals surface area contributed by atoms with Crippen LogP contribution in [0, 0.1) is 0 Å². The Morgan fingerprint density at radius 2 is 2.29 bits per heavy atom. The van der Waals surface area contributed by atoms with Crippen LogP contribution in [0.15, 0.2) is 16.7 Å². The highest BCUT2D eigenvalue weighted by Crippen LogP contribution is 2.24. The molecular weight excluding hydrogens is 242 g/mol. The summed E-state index contributed by atoms with van der Waals surface area (Å²) in [7, 11) is 2.01. The Kier molecular flexibility index (Phi) is 3.75. The molecule has 0 spiro atoms. The number of halogens is 1. The lowest BCUT2D eigenvalue weighted by Gasteiger charge is -2.25. The van der Waals surface area contributed by atoms with Gasteiger partial charge < -0.3 is 10.6 Å². The molecule has 1 aromatic heterocycles. The largest absolute Gasteiger partial charge is 0.396 e. The molecule has 0 radical (unpaired) electrons. The van der Waals surface area contributed by atoms with Gasteiger partial charge in [-0.05, 0) is 35.3 Å². The van der Waals surface area contributed by atoms with E-state index in [0.29, 0.717) is 11.7 Å². The summed E-state index contributed by atoms with van der Waals surface area (Å²) in [6.45, 7) is 4.30. The van der Waals surface area contributed by atoms with Crippen LogP contribution in [0.2, 0.25) is 0 Å². The summed E-state index contributed by atoms with van der Waals surface area (Å²) in [4.78, 5) is 6.40. The molecule has 1 aromatic rings. The molecule has 2 N–H and O–H groups in total. The van der Waals surface area contributed by atoms with E-state index >= 15 is 0 Å². The van der Waals surface area contributed by atoms with Crippen LogP contribution >= 0.6 is 15.9 Å². The standard InChI is InChI=1S/C10H16BrN3/c1-4-7(2)14(3)10-9(12)5-8(11)6-13-10/h5-7H,4,12H2,1-3H3. The number of hydrogen-bond acceptors (Lipinski definition) is 3. The number of pyridine rings is 1. The molecule has 0 saturated carbocycles. The highest BCUT2D eigenvalue weighted by molar-refractivity contribution is 9.10. The Labute approximate surface area is 93.4 Å². The van der Waals surface area contributed by atoms with Gasteiger partial charge in [0.2, 0.25) is 0 Å². The maximum atomic E-state index is 5.88. The van der Waals surface area contributed by atoms with E-state index in [4.69, 9.17) is 5.73 Å². The van der Waals surface area contributed by atoms with Gasteiger partial charge in [-0.15, -0.1) is 0 Å². The Bertz CT molecular complexity index is 314. The van der Waals surface area contributed by atoms with Crippen LogP contribution in [0.3, 0.4) is 0 Å². The van der Waals surface area contributed by atoms with Gasteiger partial charge in [-0.3, -0.25) is 0 Å². The summed E-state index contributed by atoms with van der Waals surface area (Å²) in [6, 6.07) is 2.33. The summed E-state index contributed by atoms with van der Waals surface area (Å²) >= 11 is 3.34. The maximum absolute atomic E-state index is 5.88. The molecule has 0 aromatic carbocycles. The summed E-state index contributed by atoms with van der Waals surface area (Å²) in [6.07, 6.45) is 2.85. The third-order valence-electron chi connectivity index (χ3n) is 2.45. The van der Waals surface area contributed by atoms with Crippen molar-refractivity contribution in [2.45, 2.75) is 26.3 Å². The smallest absolute Gasteiger partial charge is 0.151 e. The second-order valence-electron chi connectivity index (χ2n) is 3.43. The van der Waals surface area contributed by atoms with Crippen molar-refractivity contribution in [3.63, 3.8) is 0 Å². The predicted molar refractivity (Wildman–Crippen MR) is 64.5 cm³/mol. The Morgan fingerprint density at radius 1 is 1.64 bits per heavy atom. The number of nitrogens with two attached hydrogens (primary N) is 1. The summed E-state index contributed by atoms with van der Waals surface area (Å²) in [5, 5.41) is 0. The fraction of sp³-hybridized carbons (Fsp3) is 0.500. The van der Waals surface area contributed by atoms with Crippen molar-refractivity contribution in [1.29, 1.82) is 0 Å². The molecule has 14 heavy (non-hydrogen) atoms. The van der Waals surface area contributed by atoms with E-state index < -0.39 is 0 Å². The number of nitrogen functional groups attached to an aromatic ring is 1. The third-order valence-corrected chi connectivity index (χ3v) is 2.88. The van der Waals surface area contributed by atoms with Crippen molar-refractivity contribution in [2.75, 3.05) is 17.7 Å². The average molecular weight is 258 g/mol. The van der Waals surface area contributed by atoms with Gasteiger partial charge in [0, 0.05) is 23.8 Å². The molecular formula is C10H16BrN3. The van der Waals surface area contributed by atoms with Gasteiger partial charge in [0.05, 0.1) is 5.69 Å². The van der Waals surface area contributed by atoms with Crippen molar-refractivity contribution >= 4 is 27.4 Å². The number of anilines is 2. The Morgan fingerprint density at radius 3 is 2.79 bits per heavy atom. The Balaban J connectivity index is 2.95. The SMILES string of the molecule is CCC(C)N(C)c1ncc(Br)cc1N. The van der Waals surface area contributed by atoms with Crippen LogP contribution in [0.4, 0.5) is 11.5 Å². The molecule has 78 valence electrons. The molecule has 0 aliphatic rings. The van der Waals surface area contributed by atoms with E-state index in [1.165, 1.54) is 0 Å². The topological polar surface area (TPSA) is 42.2 Å². The molecule has 4 heteroatoms. The molecule has 0 aliphatic carbocycles. The quantitative estimate of drug-likeness (QED) is 0.906. The zero-order chi connectivity index (χ0) is 10.7.